The molecule has 1 aliphatic rings. The number of benzene rings is 2. The molecule has 1 saturated heterocycles. The molecule has 0 spiro atoms. The Hall–Kier alpha value is -2.04. The van der Waals surface area contributed by atoms with Crippen molar-refractivity contribution < 1.29 is 9.47 Å². The first-order chi connectivity index (χ1) is 11.4. The van der Waals surface area contributed by atoms with Gasteiger partial charge in [-0.2, -0.15) is 0 Å². The third kappa shape index (κ3) is 4.98. The number of nitrogens with one attached hydrogen (secondary N) is 1. The molecule has 4 heteroatoms. The van der Waals surface area contributed by atoms with Crippen molar-refractivity contribution >= 4 is 5.69 Å². The van der Waals surface area contributed by atoms with E-state index in [9.17, 15) is 0 Å². The van der Waals surface area contributed by atoms with Crippen molar-refractivity contribution in [3.05, 3.63) is 60.2 Å². The van der Waals surface area contributed by atoms with Crippen LogP contribution in [0.2, 0.25) is 0 Å². The molecule has 0 saturated carbocycles. The summed E-state index contributed by atoms with van der Waals surface area (Å²) in [6.45, 7) is 6.25. The predicted octanol–water partition coefficient (Wildman–Crippen LogP) is 3.01. The lowest BCUT2D eigenvalue weighted by Gasteiger charge is -2.26. The molecule has 1 heterocycles. The molecule has 0 radical (unpaired) electrons. The van der Waals surface area contributed by atoms with Gasteiger partial charge in [-0.15, -0.1) is 0 Å². The molecule has 0 bridgehead atoms. The number of rotatable bonds is 7. The molecule has 0 aliphatic carbocycles. The molecule has 0 unspecified atom stereocenters. The second-order valence-corrected chi connectivity index (χ2v) is 5.65. The lowest BCUT2D eigenvalue weighted by Crippen LogP contribution is -2.39. The maximum absolute atomic E-state index is 5.97. The second kappa shape index (κ2) is 8.56. The Morgan fingerprint density at radius 1 is 0.957 bits per heavy atom. The zero-order valence-corrected chi connectivity index (χ0v) is 13.4. The van der Waals surface area contributed by atoms with E-state index >= 15 is 0 Å². The molecule has 1 aliphatic heterocycles. The third-order valence-electron chi connectivity index (χ3n) is 3.97. The smallest absolute Gasteiger partial charge is 0.142 e. The van der Waals surface area contributed by atoms with Crippen LogP contribution < -0.4 is 10.1 Å². The predicted molar refractivity (Wildman–Crippen MR) is 93.0 cm³/mol. The molecule has 23 heavy (non-hydrogen) atoms. The summed E-state index contributed by atoms with van der Waals surface area (Å²) in [6, 6.07) is 18.4. The van der Waals surface area contributed by atoms with Crippen molar-refractivity contribution in [3.63, 3.8) is 0 Å². The Morgan fingerprint density at radius 3 is 2.52 bits per heavy atom. The summed E-state index contributed by atoms with van der Waals surface area (Å²) >= 11 is 0. The van der Waals surface area contributed by atoms with Crippen molar-refractivity contribution in [1.29, 1.82) is 0 Å². The summed E-state index contributed by atoms with van der Waals surface area (Å²) in [4.78, 5) is 2.42. The van der Waals surface area contributed by atoms with E-state index < -0.39 is 0 Å². The Kier molecular flexibility index (Phi) is 5.89. The van der Waals surface area contributed by atoms with Crippen LogP contribution in [0.4, 0.5) is 5.69 Å². The number of anilines is 1. The topological polar surface area (TPSA) is 33.7 Å². The van der Waals surface area contributed by atoms with Gasteiger partial charge in [-0.25, -0.2) is 0 Å². The van der Waals surface area contributed by atoms with Crippen molar-refractivity contribution in [1.82, 2.24) is 4.90 Å². The zero-order chi connectivity index (χ0) is 15.7. The molecule has 0 amide bonds. The van der Waals surface area contributed by atoms with Crippen LogP contribution in [0.3, 0.4) is 0 Å². The van der Waals surface area contributed by atoms with Crippen LogP contribution in [0.15, 0.2) is 54.6 Å². The van der Waals surface area contributed by atoms with Gasteiger partial charge >= 0.3 is 0 Å². The van der Waals surface area contributed by atoms with Gasteiger partial charge in [0.1, 0.15) is 12.4 Å². The van der Waals surface area contributed by atoms with Crippen LogP contribution in [0.1, 0.15) is 5.56 Å². The molecular weight excluding hydrogens is 288 g/mol. The molecule has 1 fully saturated rings. The Balaban J connectivity index is 1.50. The highest BCUT2D eigenvalue weighted by Gasteiger charge is 2.10. The van der Waals surface area contributed by atoms with Gasteiger partial charge in [0.2, 0.25) is 0 Å². The SMILES string of the molecule is c1ccc(COc2ccccc2NCCN2CCOCC2)cc1. The van der Waals surface area contributed by atoms with Gasteiger partial charge in [0.25, 0.3) is 0 Å². The molecular formula is C19H24N2O2. The summed E-state index contributed by atoms with van der Waals surface area (Å²) in [7, 11) is 0. The average Bonchev–Trinajstić information content (AvgIpc) is 2.63. The van der Waals surface area contributed by atoms with E-state index in [1.165, 1.54) is 5.56 Å². The highest BCUT2D eigenvalue weighted by Crippen LogP contribution is 2.24. The van der Waals surface area contributed by atoms with E-state index in [4.69, 9.17) is 9.47 Å². The number of para-hydroxylation sites is 2. The first-order valence-corrected chi connectivity index (χ1v) is 8.21. The molecule has 1 N–H and O–H groups in total. The normalized spacial score (nSPS) is 15.3. The van der Waals surface area contributed by atoms with Crippen molar-refractivity contribution in [2.75, 3.05) is 44.7 Å². The summed E-state index contributed by atoms with van der Waals surface area (Å²) in [5, 5.41) is 3.49. The largest absolute Gasteiger partial charge is 0.487 e. The molecule has 0 aromatic heterocycles. The molecule has 2 aromatic carbocycles. The van der Waals surface area contributed by atoms with Gasteiger partial charge < -0.3 is 14.8 Å². The first kappa shape index (κ1) is 15.8. The highest BCUT2D eigenvalue weighted by atomic mass is 16.5. The third-order valence-corrected chi connectivity index (χ3v) is 3.97. The van der Waals surface area contributed by atoms with Gasteiger partial charge in [-0.3, -0.25) is 4.90 Å². The van der Waals surface area contributed by atoms with Crippen LogP contribution in [0.25, 0.3) is 0 Å². The van der Waals surface area contributed by atoms with Crippen LogP contribution in [-0.2, 0) is 11.3 Å². The quantitative estimate of drug-likeness (QED) is 0.852. The number of hydrogen-bond donors (Lipinski definition) is 1. The summed E-state index contributed by atoms with van der Waals surface area (Å²) in [6.07, 6.45) is 0. The van der Waals surface area contributed by atoms with E-state index in [2.05, 4.69) is 28.4 Å². The minimum absolute atomic E-state index is 0.586. The fourth-order valence-electron chi connectivity index (χ4n) is 2.65. The van der Waals surface area contributed by atoms with Crippen molar-refractivity contribution in [3.8, 4) is 5.75 Å². The van der Waals surface area contributed by atoms with Crippen LogP contribution in [0, 0.1) is 0 Å². The number of morpholine rings is 1. The van der Waals surface area contributed by atoms with E-state index in [0.29, 0.717) is 6.61 Å². The second-order valence-electron chi connectivity index (χ2n) is 5.65. The Labute approximate surface area is 138 Å². The molecule has 122 valence electrons. The van der Waals surface area contributed by atoms with Gasteiger partial charge in [0, 0.05) is 26.2 Å². The standard InChI is InChI=1S/C19H24N2O2/c1-2-6-17(7-3-1)16-23-19-9-5-4-8-18(19)20-10-11-21-12-14-22-15-13-21/h1-9,20H,10-16H2. The summed E-state index contributed by atoms with van der Waals surface area (Å²) in [5.74, 6) is 0.901. The lowest BCUT2D eigenvalue weighted by molar-refractivity contribution is 0.0398. The summed E-state index contributed by atoms with van der Waals surface area (Å²) < 4.78 is 11.3. The number of ether oxygens (including phenoxy) is 2. The van der Waals surface area contributed by atoms with Gasteiger partial charge in [0.15, 0.2) is 0 Å². The van der Waals surface area contributed by atoms with Crippen molar-refractivity contribution in [2.24, 2.45) is 0 Å². The maximum Gasteiger partial charge on any atom is 0.142 e. The Bertz CT molecular complexity index is 583. The number of hydrogen-bond acceptors (Lipinski definition) is 4. The minimum Gasteiger partial charge on any atom is -0.487 e. The molecule has 3 rings (SSSR count). The van der Waals surface area contributed by atoms with Crippen LogP contribution >= 0.6 is 0 Å². The summed E-state index contributed by atoms with van der Waals surface area (Å²) in [5.41, 5.74) is 2.23. The fraction of sp³-hybridized carbons (Fsp3) is 0.368. The first-order valence-electron chi connectivity index (χ1n) is 8.21. The monoisotopic (exact) mass is 312 g/mol. The maximum atomic E-state index is 5.97. The molecule has 4 nitrogen and oxygen atoms in total. The van der Waals surface area contributed by atoms with Crippen LogP contribution in [-0.4, -0.2) is 44.3 Å². The van der Waals surface area contributed by atoms with Crippen molar-refractivity contribution in [2.45, 2.75) is 6.61 Å². The van der Waals surface area contributed by atoms with Gasteiger partial charge in [-0.05, 0) is 17.7 Å². The zero-order valence-electron chi connectivity index (χ0n) is 13.4. The van der Waals surface area contributed by atoms with Gasteiger partial charge in [-0.1, -0.05) is 42.5 Å². The molecule has 2 aromatic rings. The van der Waals surface area contributed by atoms with Crippen LogP contribution in [0.5, 0.6) is 5.75 Å². The molecule has 0 atom stereocenters. The van der Waals surface area contributed by atoms with E-state index in [-0.39, 0.29) is 0 Å². The van der Waals surface area contributed by atoms with E-state index in [0.717, 1.165) is 50.8 Å². The average molecular weight is 312 g/mol. The lowest BCUT2D eigenvalue weighted by atomic mass is 10.2. The van der Waals surface area contributed by atoms with E-state index in [1.807, 2.05) is 36.4 Å². The minimum atomic E-state index is 0.586. The van der Waals surface area contributed by atoms with E-state index in [1.54, 1.807) is 0 Å². The Morgan fingerprint density at radius 2 is 1.70 bits per heavy atom. The fourth-order valence-corrected chi connectivity index (χ4v) is 2.65. The number of nitrogens with zero attached hydrogens (tertiary/aromatic N) is 1. The highest BCUT2D eigenvalue weighted by molar-refractivity contribution is 5.56. The van der Waals surface area contributed by atoms with Gasteiger partial charge in [0.05, 0.1) is 18.9 Å².